The monoisotopic (exact) mass is 870 g/mol. The molecule has 0 saturated carbocycles. The number of aromatic nitrogens is 8. The smallest absolute Gasteiger partial charge is 0.238 e. The van der Waals surface area contributed by atoms with E-state index in [9.17, 15) is 0 Å². The first-order chi connectivity index (χ1) is 33.7. The molecule has 13 rings (SSSR count). The van der Waals surface area contributed by atoms with Gasteiger partial charge in [-0.15, -0.1) is 0 Å². The summed E-state index contributed by atoms with van der Waals surface area (Å²) in [5, 5.41) is 4.55. The van der Waals surface area contributed by atoms with Crippen molar-refractivity contribution in [3.05, 3.63) is 231 Å². The number of hydrogen-bond donors (Lipinski definition) is 0. The molecule has 0 unspecified atom stereocenters. The van der Waals surface area contributed by atoms with Crippen molar-refractivity contribution in [3.63, 3.8) is 0 Å². The van der Waals surface area contributed by atoms with Gasteiger partial charge in [0.05, 0.1) is 22.1 Å². The van der Waals surface area contributed by atoms with Crippen LogP contribution in [0.1, 0.15) is 0 Å². The lowest BCUT2D eigenvalue weighted by molar-refractivity contribution is 0.953. The Morgan fingerprint density at radius 2 is 0.529 bits per heavy atom. The first-order valence-electron chi connectivity index (χ1n) is 22.6. The molecule has 0 spiro atoms. The van der Waals surface area contributed by atoms with Crippen LogP contribution in [0.25, 0.3) is 123 Å². The van der Waals surface area contributed by atoms with Crippen molar-refractivity contribution >= 4 is 43.6 Å². The van der Waals surface area contributed by atoms with E-state index in [0.29, 0.717) is 35.1 Å². The molecule has 9 aromatic carbocycles. The normalized spacial score (nSPS) is 11.5. The third-order valence-corrected chi connectivity index (χ3v) is 12.7. The molecule has 0 atom stereocenters. The predicted molar refractivity (Wildman–Crippen MR) is 275 cm³/mol. The van der Waals surface area contributed by atoms with Crippen molar-refractivity contribution in [2.24, 2.45) is 0 Å². The van der Waals surface area contributed by atoms with Crippen LogP contribution in [-0.2, 0) is 0 Å². The Labute approximate surface area is 391 Å². The summed E-state index contributed by atoms with van der Waals surface area (Å²) in [6, 6.07) is 79.3. The van der Waals surface area contributed by atoms with E-state index in [2.05, 4.69) is 143 Å². The van der Waals surface area contributed by atoms with Crippen LogP contribution in [0.5, 0.6) is 0 Å². The first-order valence-corrected chi connectivity index (χ1v) is 22.6. The number of fused-ring (bicyclic) bond motifs is 7. The second kappa shape index (κ2) is 16.2. The summed E-state index contributed by atoms with van der Waals surface area (Å²) in [5.41, 5.74) is 12.1. The maximum Gasteiger partial charge on any atom is 0.238 e. The highest BCUT2D eigenvalue weighted by Gasteiger charge is 2.23. The maximum absolute atomic E-state index is 5.27. The topological polar surface area (TPSA) is 87.2 Å². The lowest BCUT2D eigenvalue weighted by atomic mass is 10.0. The van der Waals surface area contributed by atoms with E-state index in [1.54, 1.807) is 0 Å². The molecule has 8 nitrogen and oxygen atoms in total. The van der Waals surface area contributed by atoms with Crippen LogP contribution < -0.4 is 0 Å². The van der Waals surface area contributed by atoms with Gasteiger partial charge in [0.1, 0.15) is 0 Å². The van der Waals surface area contributed by atoms with Crippen molar-refractivity contribution in [2.75, 3.05) is 0 Å². The molecular formula is C60H38N8. The predicted octanol–water partition coefficient (Wildman–Crippen LogP) is 14.3. The molecule has 8 heteroatoms. The third kappa shape index (κ3) is 6.70. The quantitative estimate of drug-likeness (QED) is 0.151. The van der Waals surface area contributed by atoms with Gasteiger partial charge in [0.2, 0.25) is 5.95 Å². The Hall–Kier alpha value is -9.40. The molecule has 0 aliphatic carbocycles. The van der Waals surface area contributed by atoms with E-state index in [1.165, 1.54) is 0 Å². The summed E-state index contributed by atoms with van der Waals surface area (Å²) in [4.78, 5) is 30.5. The highest BCUT2D eigenvalue weighted by Crippen LogP contribution is 2.42. The van der Waals surface area contributed by atoms with Gasteiger partial charge in [-0.25, -0.2) is 19.9 Å². The van der Waals surface area contributed by atoms with Gasteiger partial charge in [0.15, 0.2) is 29.1 Å². The summed E-state index contributed by atoms with van der Waals surface area (Å²) in [5.74, 6) is 3.63. The molecule has 0 saturated heterocycles. The van der Waals surface area contributed by atoms with E-state index in [0.717, 1.165) is 88.2 Å². The van der Waals surface area contributed by atoms with E-state index in [-0.39, 0.29) is 0 Å². The third-order valence-electron chi connectivity index (χ3n) is 12.7. The molecule has 0 fully saturated rings. The molecule has 68 heavy (non-hydrogen) atoms. The van der Waals surface area contributed by atoms with E-state index < -0.39 is 0 Å². The summed E-state index contributed by atoms with van der Waals surface area (Å²) in [7, 11) is 0. The molecule has 4 aromatic heterocycles. The minimum Gasteiger partial charge on any atom is -0.309 e. The molecule has 0 aliphatic rings. The van der Waals surface area contributed by atoms with E-state index in [1.807, 2.05) is 97.1 Å². The molecule has 13 aromatic rings. The largest absolute Gasteiger partial charge is 0.309 e. The Morgan fingerprint density at radius 1 is 0.221 bits per heavy atom. The molecular weight excluding hydrogens is 833 g/mol. The number of benzene rings is 9. The Bertz CT molecular complexity index is 3920. The summed E-state index contributed by atoms with van der Waals surface area (Å²) in [6.45, 7) is 0. The van der Waals surface area contributed by atoms with Crippen LogP contribution in [0.2, 0.25) is 0 Å². The zero-order valence-electron chi connectivity index (χ0n) is 36.5. The molecule has 318 valence electrons. The maximum atomic E-state index is 5.27. The van der Waals surface area contributed by atoms with Crippen LogP contribution in [0, 0.1) is 0 Å². The average molecular weight is 871 g/mol. The average Bonchev–Trinajstić information content (AvgIpc) is 3.95. The zero-order chi connectivity index (χ0) is 45.0. The summed E-state index contributed by atoms with van der Waals surface area (Å²) >= 11 is 0. The van der Waals surface area contributed by atoms with Gasteiger partial charge in [0, 0.05) is 55.0 Å². The number of para-hydroxylation sites is 2. The van der Waals surface area contributed by atoms with Crippen molar-refractivity contribution in [3.8, 4) is 79.7 Å². The van der Waals surface area contributed by atoms with Gasteiger partial charge in [0.25, 0.3) is 0 Å². The Balaban J connectivity index is 0.972. The molecule has 4 heterocycles. The van der Waals surface area contributed by atoms with Crippen molar-refractivity contribution in [1.82, 2.24) is 39.0 Å². The minimum absolute atomic E-state index is 0.551. The van der Waals surface area contributed by atoms with Crippen molar-refractivity contribution < 1.29 is 0 Å². The first kappa shape index (κ1) is 39.0. The van der Waals surface area contributed by atoms with Crippen LogP contribution >= 0.6 is 0 Å². The number of nitrogens with zero attached hydrogens (tertiary/aromatic N) is 8. The summed E-state index contributed by atoms with van der Waals surface area (Å²) < 4.78 is 4.55. The van der Waals surface area contributed by atoms with Crippen LogP contribution in [0.3, 0.4) is 0 Å². The van der Waals surface area contributed by atoms with Crippen LogP contribution in [0.4, 0.5) is 0 Å². The molecule has 0 amide bonds. The lowest BCUT2D eigenvalue weighted by Crippen LogP contribution is -2.06. The Kier molecular flexibility index (Phi) is 9.31. The second-order valence-corrected chi connectivity index (χ2v) is 16.7. The zero-order valence-corrected chi connectivity index (χ0v) is 36.5. The highest BCUT2D eigenvalue weighted by molar-refractivity contribution is 6.28. The van der Waals surface area contributed by atoms with Crippen molar-refractivity contribution in [1.29, 1.82) is 0 Å². The lowest BCUT2D eigenvalue weighted by Gasteiger charge is -2.12. The van der Waals surface area contributed by atoms with Gasteiger partial charge in [-0.3, -0.25) is 4.57 Å². The van der Waals surface area contributed by atoms with E-state index in [4.69, 9.17) is 29.9 Å². The molecule has 0 radical (unpaired) electrons. The number of rotatable bonds is 8. The SMILES string of the molecule is c1ccc(-c2ccc(-c3nc(-c4ccccc4)nc(-n4c5ccccc5c5c6c7ccccc7n(-c7ccc(-c8nc(-c9ccccc9)nc(-c9ccccc9)n8)cc7)c6ccc54)n3)cc2)cc1. The van der Waals surface area contributed by atoms with Gasteiger partial charge < -0.3 is 4.57 Å². The van der Waals surface area contributed by atoms with Crippen LogP contribution in [-0.4, -0.2) is 39.0 Å². The fourth-order valence-corrected chi connectivity index (χ4v) is 9.46. The van der Waals surface area contributed by atoms with Gasteiger partial charge >= 0.3 is 0 Å². The Morgan fingerprint density at radius 3 is 0.985 bits per heavy atom. The second-order valence-electron chi connectivity index (χ2n) is 16.7. The van der Waals surface area contributed by atoms with Gasteiger partial charge in [-0.2, -0.15) is 9.97 Å². The van der Waals surface area contributed by atoms with E-state index >= 15 is 0 Å². The van der Waals surface area contributed by atoms with Gasteiger partial charge in [-0.1, -0.05) is 182 Å². The minimum atomic E-state index is 0.551. The molecule has 0 bridgehead atoms. The fourth-order valence-electron chi connectivity index (χ4n) is 9.46. The number of hydrogen-bond acceptors (Lipinski definition) is 6. The van der Waals surface area contributed by atoms with Gasteiger partial charge in [-0.05, 0) is 59.7 Å². The summed E-state index contributed by atoms with van der Waals surface area (Å²) in [6.07, 6.45) is 0. The molecule has 0 N–H and O–H groups in total. The standard InChI is InChI=1S/C60H38N8/c1-5-17-39(18-6-1)40-29-31-44(32-30-40)59-64-58(43-23-11-4-12-24-43)65-60(66-59)68-50-28-16-14-26-48(50)54-52(68)38-37-51-53(54)47-25-13-15-27-49(47)67(51)46-35-33-45(34-36-46)57-62-55(41-19-7-2-8-20-41)61-56(63-57)42-21-9-3-10-22-42/h1-38H. The fraction of sp³-hybridized carbons (Fsp3) is 0. The van der Waals surface area contributed by atoms with Crippen molar-refractivity contribution in [2.45, 2.75) is 0 Å². The van der Waals surface area contributed by atoms with Crippen LogP contribution in [0.15, 0.2) is 231 Å². The molecule has 0 aliphatic heterocycles. The highest BCUT2D eigenvalue weighted by atomic mass is 15.2.